The summed E-state index contributed by atoms with van der Waals surface area (Å²) in [7, 11) is 0. The summed E-state index contributed by atoms with van der Waals surface area (Å²) in [4.78, 5) is 27.6. The van der Waals surface area contributed by atoms with E-state index in [0.29, 0.717) is 17.4 Å². The van der Waals surface area contributed by atoms with Gasteiger partial charge in [0.2, 0.25) is 0 Å². The second-order valence-electron chi connectivity index (χ2n) is 12.8. The Morgan fingerprint density at radius 2 is 1.90 bits per heavy atom. The minimum absolute atomic E-state index is 0.129. The number of phenolic OH excluding ortho intramolecular Hbond substituents is 1. The van der Waals surface area contributed by atoms with E-state index in [1.807, 2.05) is 12.1 Å². The van der Waals surface area contributed by atoms with Crippen LogP contribution in [0.5, 0.6) is 5.75 Å². The fraction of sp³-hybridized carbons (Fsp3) is 0.543. The van der Waals surface area contributed by atoms with Crippen LogP contribution >= 0.6 is 0 Å². The van der Waals surface area contributed by atoms with Gasteiger partial charge in [0, 0.05) is 17.1 Å². The maximum Gasteiger partial charge on any atom is 0.340 e. The average Bonchev–Trinajstić information content (AvgIpc) is 3.42. The monoisotopic (exact) mass is 542 g/mol. The topological polar surface area (TPSA) is 72.8 Å². The number of ether oxygens (including phenoxy) is 2. The normalized spacial score (nSPS) is 31.6. The lowest BCUT2D eigenvalue weighted by molar-refractivity contribution is -0.135. The third-order valence-electron chi connectivity index (χ3n) is 10.1. The number of hydrogen-bond donors (Lipinski definition) is 1. The molecule has 1 aromatic rings. The van der Waals surface area contributed by atoms with Crippen molar-refractivity contribution in [3.8, 4) is 5.75 Å². The predicted octanol–water partition coefficient (Wildman–Crippen LogP) is 8.02. The highest BCUT2D eigenvalue weighted by Gasteiger charge is 2.68. The fourth-order valence-electron chi connectivity index (χ4n) is 8.35. The zero-order valence-electron chi connectivity index (χ0n) is 24.3. The van der Waals surface area contributed by atoms with Gasteiger partial charge in [0.1, 0.15) is 17.3 Å². The van der Waals surface area contributed by atoms with E-state index >= 15 is 0 Å². The standard InChI is InChI=1S/C35H42O5/c1-5-7-11-27-26-15-14-25-24-16-17-35(31(25)30(26)33(37)39-27)28(18-21(6-2)13-12-20(3)4)40-34(38)32(35)29(24)22-9-8-10-23(36)19-22/h8-11,18-21,24-25,31,36H,5-7,12-17H2,1-4H3/t21-,24+,25+,31+,35+/m1/s1. The van der Waals surface area contributed by atoms with Crippen LogP contribution < -0.4 is 0 Å². The van der Waals surface area contributed by atoms with Crippen molar-refractivity contribution in [3.05, 3.63) is 70.2 Å². The van der Waals surface area contributed by atoms with Gasteiger partial charge in [0.05, 0.1) is 11.0 Å². The van der Waals surface area contributed by atoms with E-state index in [0.717, 1.165) is 91.6 Å². The molecule has 1 spiro atoms. The zero-order valence-corrected chi connectivity index (χ0v) is 24.3. The number of aromatic hydroxyl groups is 1. The van der Waals surface area contributed by atoms with Crippen LogP contribution in [0, 0.1) is 35.0 Å². The second kappa shape index (κ2) is 10.4. The number of fused-ring (bicyclic) bond motifs is 1. The van der Waals surface area contributed by atoms with E-state index in [1.165, 1.54) is 0 Å². The molecule has 1 aromatic carbocycles. The maximum absolute atomic E-state index is 13.9. The highest BCUT2D eigenvalue weighted by molar-refractivity contribution is 6.06. The Bertz CT molecular complexity index is 1360. The molecule has 40 heavy (non-hydrogen) atoms. The number of allylic oxidation sites excluding steroid dienone is 5. The lowest BCUT2D eigenvalue weighted by Gasteiger charge is -2.56. The van der Waals surface area contributed by atoms with Gasteiger partial charge in [-0.25, -0.2) is 9.59 Å². The highest BCUT2D eigenvalue weighted by atomic mass is 16.5. The summed E-state index contributed by atoms with van der Waals surface area (Å²) < 4.78 is 12.2. The molecule has 4 aliphatic carbocycles. The van der Waals surface area contributed by atoms with Crippen molar-refractivity contribution in [1.82, 2.24) is 0 Å². The fourth-order valence-corrected chi connectivity index (χ4v) is 8.35. The molecular formula is C35H42O5. The predicted molar refractivity (Wildman–Crippen MR) is 155 cm³/mol. The molecule has 0 aromatic heterocycles. The number of phenols is 1. The molecule has 1 saturated heterocycles. The summed E-state index contributed by atoms with van der Waals surface area (Å²) in [5.74, 6) is 2.26. The van der Waals surface area contributed by atoms with Crippen LogP contribution in [0.3, 0.4) is 0 Å². The lowest BCUT2D eigenvalue weighted by atomic mass is 9.44. The lowest BCUT2D eigenvalue weighted by Crippen LogP contribution is -2.52. The van der Waals surface area contributed by atoms with Gasteiger partial charge in [-0.2, -0.15) is 0 Å². The van der Waals surface area contributed by atoms with E-state index in [1.54, 1.807) is 12.1 Å². The number of carbonyl (C=O) groups excluding carboxylic acids is 2. The molecule has 0 unspecified atom stereocenters. The molecule has 5 heteroatoms. The molecule has 1 saturated carbocycles. The summed E-state index contributed by atoms with van der Waals surface area (Å²) in [6.07, 6.45) is 12.8. The van der Waals surface area contributed by atoms with Gasteiger partial charge in [0.15, 0.2) is 0 Å². The first-order valence-corrected chi connectivity index (χ1v) is 15.4. The first-order valence-electron chi connectivity index (χ1n) is 15.4. The molecule has 2 aliphatic heterocycles. The molecule has 212 valence electrons. The quantitative estimate of drug-likeness (QED) is 0.337. The van der Waals surface area contributed by atoms with Crippen LogP contribution in [0.15, 0.2) is 64.7 Å². The summed E-state index contributed by atoms with van der Waals surface area (Å²) >= 11 is 0. The van der Waals surface area contributed by atoms with Gasteiger partial charge in [0.25, 0.3) is 0 Å². The van der Waals surface area contributed by atoms with Gasteiger partial charge in [-0.1, -0.05) is 52.7 Å². The summed E-state index contributed by atoms with van der Waals surface area (Å²) in [6, 6.07) is 7.30. The molecule has 5 atom stereocenters. The number of unbranched alkanes of at least 4 members (excludes halogenated alkanes) is 1. The molecule has 0 amide bonds. The van der Waals surface area contributed by atoms with Crippen molar-refractivity contribution in [2.75, 3.05) is 0 Å². The molecular weight excluding hydrogens is 500 g/mol. The van der Waals surface area contributed by atoms with Gasteiger partial charge in [-0.05, 0) is 104 Å². The van der Waals surface area contributed by atoms with Crippen molar-refractivity contribution >= 4 is 17.5 Å². The van der Waals surface area contributed by atoms with E-state index in [4.69, 9.17) is 9.47 Å². The summed E-state index contributed by atoms with van der Waals surface area (Å²) in [6.45, 7) is 8.82. The number of rotatable bonds is 8. The Morgan fingerprint density at radius 3 is 2.62 bits per heavy atom. The third-order valence-corrected chi connectivity index (χ3v) is 10.1. The number of cyclic esters (lactones) is 2. The van der Waals surface area contributed by atoms with Crippen molar-refractivity contribution in [1.29, 1.82) is 0 Å². The van der Waals surface area contributed by atoms with Crippen LogP contribution in [-0.4, -0.2) is 17.0 Å². The summed E-state index contributed by atoms with van der Waals surface area (Å²) in [5, 5.41) is 10.4. The first kappa shape index (κ1) is 27.1. The number of hydrogen-bond acceptors (Lipinski definition) is 5. The van der Waals surface area contributed by atoms with E-state index in [9.17, 15) is 14.7 Å². The third kappa shape index (κ3) is 4.11. The van der Waals surface area contributed by atoms with Crippen molar-refractivity contribution < 1.29 is 24.2 Å². The minimum Gasteiger partial charge on any atom is -0.508 e. The van der Waals surface area contributed by atoms with Gasteiger partial charge < -0.3 is 14.6 Å². The van der Waals surface area contributed by atoms with Crippen molar-refractivity contribution in [2.24, 2.45) is 35.0 Å². The van der Waals surface area contributed by atoms with E-state index in [2.05, 4.69) is 39.8 Å². The molecule has 5 nitrogen and oxygen atoms in total. The minimum atomic E-state index is -0.678. The molecule has 2 bridgehead atoms. The molecule has 7 rings (SSSR count). The Morgan fingerprint density at radius 1 is 1.07 bits per heavy atom. The second-order valence-corrected chi connectivity index (χ2v) is 12.8. The molecule has 6 aliphatic rings. The Balaban J connectivity index is 1.57. The Hall–Kier alpha value is -3.08. The molecule has 0 radical (unpaired) electrons. The molecule has 2 fully saturated rings. The number of benzene rings is 1. The zero-order chi connectivity index (χ0) is 28.2. The molecule has 2 heterocycles. The number of carbonyl (C=O) groups is 2. The summed E-state index contributed by atoms with van der Waals surface area (Å²) in [5.41, 5.74) is 3.78. The van der Waals surface area contributed by atoms with Crippen LogP contribution in [-0.2, 0) is 19.1 Å². The van der Waals surface area contributed by atoms with Crippen LogP contribution in [0.1, 0.15) is 91.0 Å². The number of esters is 2. The maximum atomic E-state index is 13.9. The van der Waals surface area contributed by atoms with Crippen LogP contribution in [0.2, 0.25) is 0 Å². The Labute approximate surface area is 238 Å². The van der Waals surface area contributed by atoms with E-state index < -0.39 is 5.41 Å². The van der Waals surface area contributed by atoms with Gasteiger partial charge >= 0.3 is 11.9 Å². The van der Waals surface area contributed by atoms with Crippen molar-refractivity contribution in [2.45, 2.75) is 85.5 Å². The van der Waals surface area contributed by atoms with E-state index in [-0.39, 0.29) is 35.4 Å². The van der Waals surface area contributed by atoms with Crippen LogP contribution in [0.4, 0.5) is 0 Å². The SMILES string of the molecule is CCCC=C1OC(=O)C2=C1CC[C@H]1[C@@H]3CC[C@]4(C(=C[C@H](CC)CCC(C)C)OC(=O)C4=C3c3cccc(O)c3)[C@H]21. The van der Waals surface area contributed by atoms with Crippen LogP contribution in [0.25, 0.3) is 5.57 Å². The Kier molecular flexibility index (Phi) is 7.04. The average molecular weight is 543 g/mol. The van der Waals surface area contributed by atoms with Gasteiger partial charge in [-0.15, -0.1) is 0 Å². The largest absolute Gasteiger partial charge is 0.508 e. The first-order chi connectivity index (χ1) is 19.3. The van der Waals surface area contributed by atoms with Crippen molar-refractivity contribution in [3.63, 3.8) is 0 Å². The smallest absolute Gasteiger partial charge is 0.340 e. The van der Waals surface area contributed by atoms with Gasteiger partial charge in [-0.3, -0.25) is 0 Å². The molecule has 1 N–H and O–H groups in total. The highest BCUT2D eigenvalue weighted by Crippen LogP contribution is 2.71.